The molecule has 0 unspecified atom stereocenters. The number of aromatic nitrogens is 2. The van der Waals surface area contributed by atoms with E-state index in [-0.39, 0.29) is 16.3 Å². The normalized spacial score (nSPS) is 14.7. The molecule has 1 saturated heterocycles. The van der Waals surface area contributed by atoms with E-state index in [1.807, 2.05) is 0 Å². The summed E-state index contributed by atoms with van der Waals surface area (Å²) in [6.45, 7) is 1.52. The third-order valence-electron chi connectivity index (χ3n) is 5.29. The Morgan fingerprint density at radius 2 is 1.57 bits per heavy atom. The number of rotatable bonds is 4. The van der Waals surface area contributed by atoms with Crippen molar-refractivity contribution in [2.24, 2.45) is 0 Å². The van der Waals surface area contributed by atoms with E-state index in [4.69, 9.17) is 0 Å². The van der Waals surface area contributed by atoms with Gasteiger partial charge in [-0.15, -0.1) is 0 Å². The lowest BCUT2D eigenvalue weighted by Gasteiger charge is -2.30. The molecule has 0 N–H and O–H groups in total. The third kappa shape index (κ3) is 4.00. The van der Waals surface area contributed by atoms with Crippen molar-refractivity contribution in [1.82, 2.24) is 9.78 Å². The SMILES string of the molecule is CS(=O)(=O)c1ccc(-c2cnn(-c3ccc(F)cc3)c(=O)c2N2CCCCC2)cc1. The highest BCUT2D eigenvalue weighted by molar-refractivity contribution is 7.90. The summed E-state index contributed by atoms with van der Waals surface area (Å²) >= 11 is 0. The number of nitrogens with zero attached hydrogens (tertiary/aromatic N) is 3. The van der Waals surface area contributed by atoms with Crippen LogP contribution in [0.25, 0.3) is 16.8 Å². The van der Waals surface area contributed by atoms with Gasteiger partial charge in [-0.1, -0.05) is 12.1 Å². The molecule has 2 aromatic carbocycles. The van der Waals surface area contributed by atoms with Crippen LogP contribution in [0.1, 0.15) is 19.3 Å². The van der Waals surface area contributed by atoms with E-state index in [9.17, 15) is 17.6 Å². The summed E-state index contributed by atoms with van der Waals surface area (Å²) in [5.41, 5.74) is 2.10. The van der Waals surface area contributed by atoms with Gasteiger partial charge in [-0.25, -0.2) is 12.8 Å². The molecular weight excluding hydrogens is 405 g/mol. The first-order valence-electron chi connectivity index (χ1n) is 9.78. The van der Waals surface area contributed by atoms with Crippen molar-refractivity contribution in [3.8, 4) is 16.8 Å². The Morgan fingerprint density at radius 3 is 2.17 bits per heavy atom. The zero-order chi connectivity index (χ0) is 21.3. The van der Waals surface area contributed by atoms with Crippen LogP contribution in [0.2, 0.25) is 0 Å². The maximum Gasteiger partial charge on any atom is 0.295 e. The molecule has 30 heavy (non-hydrogen) atoms. The molecule has 3 aromatic rings. The summed E-state index contributed by atoms with van der Waals surface area (Å²) in [5.74, 6) is -0.384. The molecule has 0 spiro atoms. The lowest BCUT2D eigenvalue weighted by atomic mass is 10.0. The van der Waals surface area contributed by atoms with Crippen LogP contribution in [0.5, 0.6) is 0 Å². The van der Waals surface area contributed by atoms with E-state index in [2.05, 4.69) is 10.00 Å². The molecule has 0 bridgehead atoms. The van der Waals surface area contributed by atoms with E-state index in [1.54, 1.807) is 18.3 Å². The Hall–Kier alpha value is -3.00. The maximum atomic E-state index is 13.4. The first-order chi connectivity index (χ1) is 14.3. The van der Waals surface area contributed by atoms with Gasteiger partial charge in [-0.2, -0.15) is 9.78 Å². The first-order valence-corrected chi connectivity index (χ1v) is 11.7. The minimum atomic E-state index is -3.31. The van der Waals surface area contributed by atoms with Crippen molar-refractivity contribution in [2.45, 2.75) is 24.2 Å². The molecule has 6 nitrogen and oxygen atoms in total. The Bertz CT molecular complexity index is 1210. The first kappa shape index (κ1) is 20.3. The van der Waals surface area contributed by atoms with Crippen molar-refractivity contribution in [3.05, 3.63) is 70.9 Å². The summed E-state index contributed by atoms with van der Waals surface area (Å²) in [6.07, 6.45) is 5.87. The molecule has 1 aliphatic rings. The minimum absolute atomic E-state index is 0.221. The lowest BCUT2D eigenvalue weighted by molar-refractivity contribution is 0.574. The van der Waals surface area contributed by atoms with Crippen molar-refractivity contribution in [3.63, 3.8) is 0 Å². The van der Waals surface area contributed by atoms with Gasteiger partial charge >= 0.3 is 0 Å². The van der Waals surface area contributed by atoms with E-state index in [0.717, 1.165) is 44.2 Å². The highest BCUT2D eigenvalue weighted by atomic mass is 32.2. The molecule has 8 heteroatoms. The molecule has 156 valence electrons. The Morgan fingerprint density at radius 1 is 0.933 bits per heavy atom. The van der Waals surface area contributed by atoms with Crippen molar-refractivity contribution >= 4 is 15.5 Å². The molecule has 2 heterocycles. The van der Waals surface area contributed by atoms with Gasteiger partial charge in [0.2, 0.25) is 0 Å². The Labute approximate surface area is 174 Å². The molecule has 1 fully saturated rings. The summed E-state index contributed by atoms with van der Waals surface area (Å²) in [4.78, 5) is 15.7. The largest absolute Gasteiger partial charge is 0.366 e. The van der Waals surface area contributed by atoms with Gasteiger partial charge in [-0.3, -0.25) is 4.79 Å². The zero-order valence-electron chi connectivity index (χ0n) is 16.6. The van der Waals surface area contributed by atoms with Gasteiger partial charge in [0.25, 0.3) is 5.56 Å². The van der Waals surface area contributed by atoms with Crippen LogP contribution in [-0.2, 0) is 9.84 Å². The molecule has 0 amide bonds. The molecule has 4 rings (SSSR count). The zero-order valence-corrected chi connectivity index (χ0v) is 17.4. The molecule has 1 aromatic heterocycles. The van der Waals surface area contributed by atoms with Crippen LogP contribution >= 0.6 is 0 Å². The fourth-order valence-corrected chi connectivity index (χ4v) is 4.36. The average molecular weight is 428 g/mol. The third-order valence-corrected chi connectivity index (χ3v) is 6.42. The average Bonchev–Trinajstić information content (AvgIpc) is 2.74. The van der Waals surface area contributed by atoms with Crippen LogP contribution in [0.3, 0.4) is 0 Å². The fraction of sp³-hybridized carbons (Fsp3) is 0.273. The smallest absolute Gasteiger partial charge is 0.295 e. The van der Waals surface area contributed by atoms with E-state index in [0.29, 0.717) is 16.9 Å². The van der Waals surface area contributed by atoms with Crippen LogP contribution in [-0.4, -0.2) is 37.5 Å². The fourth-order valence-electron chi connectivity index (χ4n) is 3.73. The second kappa shape index (κ2) is 8.02. The quantitative estimate of drug-likeness (QED) is 0.638. The predicted octanol–water partition coefficient (Wildman–Crippen LogP) is 3.43. The van der Waals surface area contributed by atoms with Crippen LogP contribution in [0.4, 0.5) is 10.1 Å². The molecule has 0 radical (unpaired) electrons. The molecular formula is C22H22FN3O3S. The van der Waals surface area contributed by atoms with Gasteiger partial charge < -0.3 is 4.90 Å². The number of anilines is 1. The maximum absolute atomic E-state index is 13.4. The molecule has 0 aliphatic carbocycles. The Balaban J connectivity index is 1.86. The van der Waals surface area contributed by atoms with Gasteiger partial charge in [0.15, 0.2) is 9.84 Å². The standard InChI is InChI=1S/C22H22FN3O3S/c1-30(28,29)19-11-5-16(6-12-19)20-15-24-26(18-9-7-17(23)8-10-18)22(27)21(20)25-13-3-2-4-14-25/h5-12,15H,2-4,13-14H2,1H3. The monoisotopic (exact) mass is 427 g/mol. The summed E-state index contributed by atoms with van der Waals surface area (Å²) in [6, 6.07) is 12.1. The number of benzene rings is 2. The van der Waals surface area contributed by atoms with Crippen LogP contribution < -0.4 is 10.5 Å². The van der Waals surface area contributed by atoms with E-state index in [1.165, 1.54) is 41.1 Å². The van der Waals surface area contributed by atoms with Crippen molar-refractivity contribution < 1.29 is 12.8 Å². The number of hydrogen-bond donors (Lipinski definition) is 0. The van der Waals surface area contributed by atoms with Gasteiger partial charge in [0, 0.05) is 24.9 Å². The number of halogens is 1. The predicted molar refractivity (Wildman–Crippen MR) is 114 cm³/mol. The Kier molecular flexibility index (Phi) is 5.42. The number of sulfone groups is 1. The summed E-state index contributed by atoms with van der Waals surface area (Å²) in [5, 5.41) is 4.32. The summed E-state index contributed by atoms with van der Waals surface area (Å²) in [7, 11) is -3.31. The van der Waals surface area contributed by atoms with Crippen LogP contribution in [0.15, 0.2) is 64.4 Å². The molecule has 0 saturated carbocycles. The summed E-state index contributed by atoms with van der Waals surface area (Å²) < 4.78 is 38.1. The molecule has 0 atom stereocenters. The second-order valence-electron chi connectivity index (χ2n) is 7.44. The number of piperidine rings is 1. The number of hydrogen-bond acceptors (Lipinski definition) is 5. The van der Waals surface area contributed by atoms with Crippen molar-refractivity contribution in [2.75, 3.05) is 24.2 Å². The highest BCUT2D eigenvalue weighted by Crippen LogP contribution is 2.30. The van der Waals surface area contributed by atoms with Crippen molar-refractivity contribution in [1.29, 1.82) is 0 Å². The second-order valence-corrected chi connectivity index (χ2v) is 9.46. The topological polar surface area (TPSA) is 72.3 Å². The van der Waals surface area contributed by atoms with Gasteiger partial charge in [0.05, 0.1) is 16.8 Å². The highest BCUT2D eigenvalue weighted by Gasteiger charge is 2.22. The lowest BCUT2D eigenvalue weighted by Crippen LogP contribution is -2.37. The van der Waals surface area contributed by atoms with E-state index < -0.39 is 9.84 Å². The van der Waals surface area contributed by atoms with Gasteiger partial charge in [0.1, 0.15) is 11.5 Å². The minimum Gasteiger partial charge on any atom is -0.366 e. The molecule has 1 aliphatic heterocycles. The van der Waals surface area contributed by atoms with Crippen LogP contribution in [0, 0.1) is 5.82 Å². The van der Waals surface area contributed by atoms with E-state index >= 15 is 0 Å². The van der Waals surface area contributed by atoms with Gasteiger partial charge in [-0.05, 0) is 61.2 Å².